The van der Waals surface area contributed by atoms with Crippen molar-refractivity contribution >= 4 is 27.5 Å². The van der Waals surface area contributed by atoms with Crippen LogP contribution >= 0.6 is 11.8 Å². The first-order valence-corrected chi connectivity index (χ1v) is 9.59. The van der Waals surface area contributed by atoms with Crippen LogP contribution in [0.3, 0.4) is 0 Å². The number of rotatable bonds is 5. The summed E-state index contributed by atoms with van der Waals surface area (Å²) in [6.07, 6.45) is -0.986. The average Bonchev–Trinajstić information content (AvgIpc) is 2.72. The van der Waals surface area contributed by atoms with Gasteiger partial charge in [0.25, 0.3) is 0 Å². The Kier molecular flexibility index (Phi) is 5.29. The highest BCUT2D eigenvalue weighted by Gasteiger charge is 2.41. The number of nitrogens with zero attached hydrogens (tertiary/aromatic N) is 1. The molecule has 2 rings (SSSR count). The Morgan fingerprint density at radius 1 is 1.33 bits per heavy atom. The lowest BCUT2D eigenvalue weighted by Crippen LogP contribution is -2.47. The largest absolute Gasteiger partial charge is 0.390 e. The van der Waals surface area contributed by atoms with Gasteiger partial charge in [-0.2, -0.15) is 0 Å². The minimum atomic E-state index is -3.25. The standard InChI is InChI=1S/C14H19NO4S2/c1-2-15(12-9-21(18,19)10-13(12)16)14(17)8-20-11-6-4-3-5-7-11/h3-7,12-13,16H,2,8-10H2,1H3/t12-,13-/m0/s1. The van der Waals surface area contributed by atoms with Crippen LogP contribution in [0.1, 0.15) is 6.92 Å². The van der Waals surface area contributed by atoms with Gasteiger partial charge < -0.3 is 10.0 Å². The zero-order valence-corrected chi connectivity index (χ0v) is 13.4. The van der Waals surface area contributed by atoms with Gasteiger partial charge in [-0.05, 0) is 19.1 Å². The second-order valence-corrected chi connectivity index (χ2v) is 8.20. The molecule has 1 saturated heterocycles. The van der Waals surface area contributed by atoms with E-state index in [0.29, 0.717) is 6.54 Å². The van der Waals surface area contributed by atoms with Gasteiger partial charge in [0.05, 0.1) is 29.4 Å². The third-order valence-corrected chi connectivity index (χ3v) is 6.16. The first kappa shape index (κ1) is 16.3. The quantitative estimate of drug-likeness (QED) is 0.808. The molecule has 2 atom stereocenters. The SMILES string of the molecule is CCN(C(=O)CSc1ccccc1)[C@H]1CS(=O)(=O)C[C@@H]1O. The zero-order chi connectivity index (χ0) is 15.5. The minimum Gasteiger partial charge on any atom is -0.390 e. The topological polar surface area (TPSA) is 74.7 Å². The van der Waals surface area contributed by atoms with Gasteiger partial charge in [-0.25, -0.2) is 8.42 Å². The lowest BCUT2D eigenvalue weighted by atomic mass is 10.2. The second kappa shape index (κ2) is 6.81. The Morgan fingerprint density at radius 3 is 2.52 bits per heavy atom. The van der Waals surface area contributed by atoms with Gasteiger partial charge >= 0.3 is 0 Å². The number of benzene rings is 1. The number of amides is 1. The van der Waals surface area contributed by atoms with Crippen molar-refractivity contribution in [2.24, 2.45) is 0 Å². The van der Waals surface area contributed by atoms with Gasteiger partial charge in [0, 0.05) is 11.4 Å². The fourth-order valence-electron chi connectivity index (χ4n) is 2.45. The van der Waals surface area contributed by atoms with E-state index in [9.17, 15) is 18.3 Å². The number of likely N-dealkylation sites (N-methyl/N-ethyl adjacent to an activating group) is 1. The normalized spacial score (nSPS) is 23.9. The average molecular weight is 329 g/mol. The Balaban J connectivity index is 1.99. The zero-order valence-electron chi connectivity index (χ0n) is 11.8. The Bertz CT molecular complexity index is 588. The molecule has 1 N–H and O–H groups in total. The molecule has 0 radical (unpaired) electrons. The number of hydrogen-bond donors (Lipinski definition) is 1. The lowest BCUT2D eigenvalue weighted by molar-refractivity contribution is -0.131. The highest BCUT2D eigenvalue weighted by molar-refractivity contribution is 8.00. The summed E-state index contributed by atoms with van der Waals surface area (Å²) < 4.78 is 23.1. The molecule has 1 heterocycles. The van der Waals surface area contributed by atoms with E-state index in [1.165, 1.54) is 16.7 Å². The summed E-state index contributed by atoms with van der Waals surface area (Å²) in [5.41, 5.74) is 0. The smallest absolute Gasteiger partial charge is 0.233 e. The van der Waals surface area contributed by atoms with Gasteiger partial charge in [0.15, 0.2) is 9.84 Å². The van der Waals surface area contributed by atoms with Gasteiger partial charge in [-0.15, -0.1) is 11.8 Å². The fourth-order valence-corrected chi connectivity index (χ4v) is 5.06. The molecule has 0 aliphatic carbocycles. The van der Waals surface area contributed by atoms with E-state index in [2.05, 4.69) is 0 Å². The molecule has 0 spiro atoms. The summed E-state index contributed by atoms with van der Waals surface area (Å²) in [6, 6.07) is 8.93. The lowest BCUT2D eigenvalue weighted by Gasteiger charge is -2.29. The van der Waals surface area contributed by atoms with E-state index in [4.69, 9.17) is 0 Å². The van der Waals surface area contributed by atoms with Crippen LogP contribution in [0.25, 0.3) is 0 Å². The summed E-state index contributed by atoms with van der Waals surface area (Å²) in [6.45, 7) is 2.19. The molecule has 1 amide bonds. The monoisotopic (exact) mass is 329 g/mol. The van der Waals surface area contributed by atoms with Crippen LogP contribution in [-0.2, 0) is 14.6 Å². The predicted molar refractivity (Wildman–Crippen MR) is 83.0 cm³/mol. The van der Waals surface area contributed by atoms with Crippen molar-refractivity contribution in [3.05, 3.63) is 30.3 Å². The number of thioether (sulfide) groups is 1. The van der Waals surface area contributed by atoms with Crippen LogP contribution in [-0.4, -0.2) is 60.3 Å². The van der Waals surface area contributed by atoms with Crippen LogP contribution < -0.4 is 0 Å². The summed E-state index contributed by atoms with van der Waals surface area (Å²) in [7, 11) is -3.25. The molecule has 1 aliphatic heterocycles. The van der Waals surface area contributed by atoms with Crippen molar-refractivity contribution in [1.29, 1.82) is 0 Å². The molecule has 1 fully saturated rings. The van der Waals surface area contributed by atoms with Gasteiger partial charge in [0.1, 0.15) is 0 Å². The summed E-state index contributed by atoms with van der Waals surface area (Å²) >= 11 is 1.41. The molecule has 0 unspecified atom stereocenters. The minimum absolute atomic E-state index is 0.146. The van der Waals surface area contributed by atoms with E-state index in [1.54, 1.807) is 6.92 Å². The van der Waals surface area contributed by atoms with Crippen molar-refractivity contribution in [2.75, 3.05) is 23.8 Å². The number of aliphatic hydroxyl groups excluding tert-OH is 1. The highest BCUT2D eigenvalue weighted by atomic mass is 32.2. The number of carbonyl (C=O) groups excluding carboxylic acids is 1. The van der Waals surface area contributed by atoms with Crippen LogP contribution in [0.4, 0.5) is 0 Å². The molecule has 116 valence electrons. The van der Waals surface area contributed by atoms with Crippen LogP contribution in [0.2, 0.25) is 0 Å². The molecule has 7 heteroatoms. The third kappa shape index (κ3) is 4.21. The first-order chi connectivity index (χ1) is 9.93. The maximum atomic E-state index is 12.3. The van der Waals surface area contributed by atoms with Gasteiger partial charge in [-0.3, -0.25) is 4.79 Å². The fraction of sp³-hybridized carbons (Fsp3) is 0.500. The molecule has 0 saturated carbocycles. The molecule has 0 bridgehead atoms. The summed E-state index contributed by atoms with van der Waals surface area (Å²) in [5, 5.41) is 9.88. The van der Waals surface area contributed by atoms with E-state index in [-0.39, 0.29) is 23.2 Å². The van der Waals surface area contributed by atoms with E-state index < -0.39 is 22.0 Å². The van der Waals surface area contributed by atoms with Crippen LogP contribution in [0, 0.1) is 0 Å². The Labute approximate surface area is 129 Å². The maximum Gasteiger partial charge on any atom is 0.233 e. The second-order valence-electron chi connectivity index (χ2n) is 4.99. The Hall–Kier alpha value is -1.05. The van der Waals surface area contributed by atoms with Gasteiger partial charge in [0.2, 0.25) is 5.91 Å². The van der Waals surface area contributed by atoms with E-state index in [0.717, 1.165) is 4.90 Å². The van der Waals surface area contributed by atoms with Crippen molar-refractivity contribution in [3.8, 4) is 0 Å². The molecule has 1 aromatic rings. The molecular weight excluding hydrogens is 310 g/mol. The number of aliphatic hydroxyl groups is 1. The van der Waals surface area contributed by atoms with Crippen LogP contribution in [0.15, 0.2) is 35.2 Å². The highest BCUT2D eigenvalue weighted by Crippen LogP contribution is 2.22. The third-order valence-electron chi connectivity index (χ3n) is 3.46. The molecule has 1 aromatic carbocycles. The van der Waals surface area contributed by atoms with E-state index in [1.807, 2.05) is 30.3 Å². The van der Waals surface area contributed by atoms with Gasteiger partial charge in [-0.1, -0.05) is 18.2 Å². The van der Waals surface area contributed by atoms with Crippen molar-refractivity contribution < 1.29 is 18.3 Å². The van der Waals surface area contributed by atoms with Crippen molar-refractivity contribution in [3.63, 3.8) is 0 Å². The summed E-state index contributed by atoms with van der Waals surface area (Å²) in [4.78, 5) is 14.8. The maximum absolute atomic E-state index is 12.3. The number of carbonyl (C=O) groups is 1. The summed E-state index contributed by atoms with van der Waals surface area (Å²) in [5.74, 6) is -0.314. The van der Waals surface area contributed by atoms with Crippen molar-refractivity contribution in [1.82, 2.24) is 4.90 Å². The van der Waals surface area contributed by atoms with Crippen LogP contribution in [0.5, 0.6) is 0 Å². The molecule has 5 nitrogen and oxygen atoms in total. The Morgan fingerprint density at radius 2 is 2.00 bits per heavy atom. The molecule has 21 heavy (non-hydrogen) atoms. The number of hydrogen-bond acceptors (Lipinski definition) is 5. The van der Waals surface area contributed by atoms with Crippen molar-refractivity contribution in [2.45, 2.75) is 24.0 Å². The molecular formula is C14H19NO4S2. The van der Waals surface area contributed by atoms with E-state index >= 15 is 0 Å². The molecule has 1 aliphatic rings. The predicted octanol–water partition coefficient (Wildman–Crippen LogP) is 0.785. The first-order valence-electron chi connectivity index (χ1n) is 6.79. The molecule has 0 aromatic heterocycles. The number of sulfone groups is 1.